The van der Waals surface area contributed by atoms with Crippen LogP contribution in [-0.2, 0) is 19.1 Å². The molecule has 0 radical (unpaired) electrons. The Labute approximate surface area is 257 Å². The number of nitrogens with one attached hydrogen (secondary N) is 2. The molecule has 0 saturated carbocycles. The van der Waals surface area contributed by atoms with Crippen molar-refractivity contribution in [3.8, 4) is 5.75 Å². The van der Waals surface area contributed by atoms with E-state index in [2.05, 4.69) is 10.6 Å². The first-order valence-electron chi connectivity index (χ1n) is 15.6. The number of carbonyl (C=O) groups is 3. The third kappa shape index (κ3) is 4.82. The van der Waals surface area contributed by atoms with E-state index in [1.54, 1.807) is 24.3 Å². The highest BCUT2D eigenvalue weighted by molar-refractivity contribution is 6.06. The smallest absolute Gasteiger partial charge is 0.250 e. The Balaban J connectivity index is 1.36. The molecule has 3 N–H and O–H groups in total. The van der Waals surface area contributed by atoms with Crippen LogP contribution in [0.3, 0.4) is 0 Å². The fourth-order valence-corrected chi connectivity index (χ4v) is 7.73. The first-order valence-corrected chi connectivity index (χ1v) is 15.6. The zero-order valence-corrected chi connectivity index (χ0v) is 25.7. The number of hydrogen-bond acceptors (Lipinski definition) is 6. The van der Waals surface area contributed by atoms with Crippen molar-refractivity contribution in [2.45, 2.75) is 70.2 Å². The molecule has 2 unspecified atom stereocenters. The van der Waals surface area contributed by atoms with E-state index in [1.807, 2.05) is 70.2 Å². The SMILES string of the molecule is CCOc1ccc(NC(=O)[C@H]2[C@H]3C(=O)N([C@@H](CO)[C@@H](C)CC)C(C(=O)Nc4ccc5ccccc5c4)C34CC[C@]2(C)O4)cc1. The van der Waals surface area contributed by atoms with E-state index in [9.17, 15) is 19.5 Å². The number of benzene rings is 3. The van der Waals surface area contributed by atoms with E-state index in [1.165, 1.54) is 4.90 Å². The molecule has 3 aliphatic heterocycles. The van der Waals surface area contributed by atoms with Gasteiger partial charge >= 0.3 is 0 Å². The average Bonchev–Trinajstić information content (AvgIpc) is 3.59. The van der Waals surface area contributed by atoms with Gasteiger partial charge in [-0.1, -0.05) is 50.6 Å². The van der Waals surface area contributed by atoms with Crippen molar-refractivity contribution < 1.29 is 29.0 Å². The molecule has 6 rings (SSSR count). The number of aliphatic hydroxyl groups excluding tert-OH is 1. The highest BCUT2D eigenvalue weighted by atomic mass is 16.5. The lowest BCUT2D eigenvalue weighted by atomic mass is 9.66. The van der Waals surface area contributed by atoms with Crippen LogP contribution in [0.15, 0.2) is 66.7 Å². The Bertz CT molecular complexity index is 1580. The van der Waals surface area contributed by atoms with Gasteiger partial charge in [0.05, 0.1) is 36.7 Å². The Morgan fingerprint density at radius 3 is 2.36 bits per heavy atom. The number of anilines is 2. The van der Waals surface area contributed by atoms with Crippen LogP contribution < -0.4 is 15.4 Å². The molecule has 44 heavy (non-hydrogen) atoms. The number of amides is 3. The summed E-state index contributed by atoms with van der Waals surface area (Å²) in [5, 5.41) is 18.6. The van der Waals surface area contributed by atoms with Gasteiger partial charge in [0, 0.05) is 11.4 Å². The summed E-state index contributed by atoms with van der Waals surface area (Å²) < 4.78 is 12.3. The molecule has 3 aromatic carbocycles. The van der Waals surface area contributed by atoms with Crippen molar-refractivity contribution in [1.82, 2.24) is 4.90 Å². The van der Waals surface area contributed by atoms with Crippen LogP contribution in [0.1, 0.15) is 47.0 Å². The number of fused-ring (bicyclic) bond motifs is 2. The summed E-state index contributed by atoms with van der Waals surface area (Å²) in [5.74, 6) is -2.09. The van der Waals surface area contributed by atoms with Gasteiger partial charge in [-0.05, 0) is 79.8 Å². The van der Waals surface area contributed by atoms with Crippen LogP contribution in [0.4, 0.5) is 11.4 Å². The molecule has 3 amide bonds. The fraction of sp³-hybridized carbons (Fsp3) is 0.457. The van der Waals surface area contributed by atoms with Crippen LogP contribution in [-0.4, -0.2) is 64.2 Å². The average molecular weight is 600 g/mol. The van der Waals surface area contributed by atoms with Gasteiger partial charge in [0.2, 0.25) is 17.7 Å². The Morgan fingerprint density at radius 1 is 1.00 bits per heavy atom. The molecule has 3 aromatic rings. The van der Waals surface area contributed by atoms with E-state index in [4.69, 9.17) is 9.47 Å². The van der Waals surface area contributed by atoms with Crippen LogP contribution in [0, 0.1) is 17.8 Å². The zero-order chi connectivity index (χ0) is 31.2. The third-order valence-electron chi connectivity index (χ3n) is 10.0. The van der Waals surface area contributed by atoms with Gasteiger partial charge in [0.1, 0.15) is 17.4 Å². The summed E-state index contributed by atoms with van der Waals surface area (Å²) in [6.45, 7) is 7.97. The topological polar surface area (TPSA) is 117 Å². The van der Waals surface area contributed by atoms with Crippen molar-refractivity contribution in [3.63, 3.8) is 0 Å². The van der Waals surface area contributed by atoms with Gasteiger partial charge in [-0.25, -0.2) is 0 Å². The molecule has 7 atom stereocenters. The molecule has 0 aliphatic carbocycles. The standard InChI is InChI=1S/C35H41N3O6/c1-5-21(3)27(20-39)38-30(32(41)37-25-12-11-22-9-7-8-10-23(22)19-25)35-18-17-34(4,44-35)28(29(35)33(38)42)31(40)36-24-13-15-26(16-14-24)43-6-2/h7-16,19,21,27-30,39H,5-6,17-18,20H2,1-4H3,(H,36,40)(H,37,41)/t21-,27-,28+,29-,30?,34-,35?/m0/s1. The summed E-state index contributed by atoms with van der Waals surface area (Å²) in [5.41, 5.74) is -0.934. The molecule has 3 heterocycles. The van der Waals surface area contributed by atoms with Gasteiger partial charge in [-0.2, -0.15) is 0 Å². The molecule has 9 nitrogen and oxygen atoms in total. The Kier molecular flexibility index (Phi) is 7.88. The number of aliphatic hydroxyl groups is 1. The minimum Gasteiger partial charge on any atom is -0.494 e. The minimum atomic E-state index is -1.20. The van der Waals surface area contributed by atoms with Gasteiger partial charge in [-0.15, -0.1) is 0 Å². The summed E-state index contributed by atoms with van der Waals surface area (Å²) in [4.78, 5) is 44.4. The summed E-state index contributed by atoms with van der Waals surface area (Å²) >= 11 is 0. The van der Waals surface area contributed by atoms with E-state index in [-0.39, 0.29) is 30.2 Å². The molecule has 2 bridgehead atoms. The maximum absolute atomic E-state index is 14.5. The number of nitrogens with zero attached hydrogens (tertiary/aromatic N) is 1. The second-order valence-corrected chi connectivity index (χ2v) is 12.6. The predicted molar refractivity (Wildman–Crippen MR) is 168 cm³/mol. The van der Waals surface area contributed by atoms with E-state index in [0.717, 1.165) is 10.8 Å². The van der Waals surface area contributed by atoms with Crippen molar-refractivity contribution in [2.75, 3.05) is 23.8 Å². The molecule has 3 fully saturated rings. The van der Waals surface area contributed by atoms with Gasteiger partial charge < -0.3 is 30.1 Å². The van der Waals surface area contributed by atoms with Crippen LogP contribution in [0.2, 0.25) is 0 Å². The van der Waals surface area contributed by atoms with Gasteiger partial charge in [-0.3, -0.25) is 14.4 Å². The minimum absolute atomic E-state index is 0.0842. The number of likely N-dealkylation sites (tertiary alicyclic amines) is 1. The van der Waals surface area contributed by atoms with E-state index < -0.39 is 35.1 Å². The van der Waals surface area contributed by atoms with Gasteiger partial charge in [0.15, 0.2) is 0 Å². The first-order chi connectivity index (χ1) is 21.2. The molecular formula is C35H41N3O6. The highest BCUT2D eigenvalue weighted by Gasteiger charge is 2.78. The summed E-state index contributed by atoms with van der Waals surface area (Å²) in [6, 6.07) is 19.1. The lowest BCUT2D eigenvalue weighted by Gasteiger charge is -2.39. The number of carbonyl (C=O) groups excluding carboxylic acids is 3. The van der Waals surface area contributed by atoms with E-state index in [0.29, 0.717) is 43.0 Å². The van der Waals surface area contributed by atoms with Crippen molar-refractivity contribution in [1.29, 1.82) is 0 Å². The van der Waals surface area contributed by atoms with E-state index >= 15 is 0 Å². The molecule has 3 aliphatic rings. The van der Waals surface area contributed by atoms with Crippen LogP contribution in [0.25, 0.3) is 10.8 Å². The second kappa shape index (κ2) is 11.5. The normalized spacial score (nSPS) is 28.5. The Morgan fingerprint density at radius 2 is 1.68 bits per heavy atom. The summed E-state index contributed by atoms with van der Waals surface area (Å²) in [7, 11) is 0. The molecule has 0 aromatic heterocycles. The number of hydrogen-bond donors (Lipinski definition) is 3. The molecule has 1 spiro atoms. The third-order valence-corrected chi connectivity index (χ3v) is 10.0. The monoisotopic (exact) mass is 599 g/mol. The predicted octanol–water partition coefficient (Wildman–Crippen LogP) is 4.99. The molecule has 9 heteroatoms. The van der Waals surface area contributed by atoms with Crippen molar-refractivity contribution >= 4 is 39.9 Å². The molecular weight excluding hydrogens is 558 g/mol. The number of ether oxygens (including phenoxy) is 2. The second-order valence-electron chi connectivity index (χ2n) is 12.6. The Hall–Kier alpha value is -3.95. The van der Waals surface area contributed by atoms with Crippen LogP contribution >= 0.6 is 0 Å². The summed E-state index contributed by atoms with van der Waals surface area (Å²) in [6.07, 6.45) is 1.68. The largest absolute Gasteiger partial charge is 0.494 e. The van der Waals surface area contributed by atoms with Crippen molar-refractivity contribution in [3.05, 3.63) is 66.7 Å². The van der Waals surface area contributed by atoms with Crippen LogP contribution in [0.5, 0.6) is 5.75 Å². The van der Waals surface area contributed by atoms with Crippen molar-refractivity contribution in [2.24, 2.45) is 17.8 Å². The molecule has 3 saturated heterocycles. The maximum Gasteiger partial charge on any atom is 0.250 e. The van der Waals surface area contributed by atoms with Gasteiger partial charge in [0.25, 0.3) is 0 Å². The number of rotatable bonds is 10. The fourth-order valence-electron chi connectivity index (χ4n) is 7.73. The quantitative estimate of drug-likeness (QED) is 0.303. The lowest BCUT2D eigenvalue weighted by molar-refractivity contribution is -0.148. The maximum atomic E-state index is 14.5. The first kappa shape index (κ1) is 30.1. The molecule has 232 valence electrons. The highest BCUT2D eigenvalue weighted by Crippen LogP contribution is 2.63. The zero-order valence-electron chi connectivity index (χ0n) is 25.7. The lowest BCUT2D eigenvalue weighted by Crippen LogP contribution is -2.57.